The van der Waals surface area contributed by atoms with Crippen LogP contribution >= 0.6 is 0 Å². The monoisotopic (exact) mass is 447 g/mol. The maximum absolute atomic E-state index is 14.7. The molecule has 2 aromatic carbocycles. The summed E-state index contributed by atoms with van der Waals surface area (Å²) in [4.78, 5) is 23.8. The maximum Gasteiger partial charge on any atom is 0.229 e. The number of nitrogens with zero attached hydrogens (tertiary/aromatic N) is 5. The topological polar surface area (TPSA) is 78.3 Å². The highest BCUT2D eigenvalue weighted by Gasteiger charge is 2.15. The number of halogens is 1. The molecule has 0 atom stereocenters. The van der Waals surface area contributed by atoms with Crippen LogP contribution < -0.4 is 15.5 Å². The van der Waals surface area contributed by atoms with E-state index in [1.165, 1.54) is 0 Å². The zero-order valence-electron chi connectivity index (χ0n) is 18.8. The lowest BCUT2D eigenvalue weighted by molar-refractivity contribution is -0.105. The van der Waals surface area contributed by atoms with Crippen LogP contribution in [0.1, 0.15) is 0 Å². The van der Waals surface area contributed by atoms with E-state index in [0.717, 1.165) is 41.6 Å². The van der Waals surface area contributed by atoms with Crippen LogP contribution in [0.5, 0.6) is 0 Å². The molecule has 0 aliphatic rings. The number of aromatic nitrogens is 3. The Morgan fingerprint density at radius 2 is 1.82 bits per heavy atom. The average Bonchev–Trinajstić information content (AvgIpc) is 3.18. The largest absolute Gasteiger partial charge is 0.373 e. The number of rotatable bonds is 9. The molecular formula is C24H26FN7O. The molecule has 4 rings (SSSR count). The van der Waals surface area contributed by atoms with E-state index in [2.05, 4.69) is 37.4 Å². The van der Waals surface area contributed by atoms with Crippen LogP contribution in [0.4, 0.5) is 27.4 Å². The summed E-state index contributed by atoms with van der Waals surface area (Å²) in [5.41, 5.74) is 3.17. The van der Waals surface area contributed by atoms with Gasteiger partial charge in [0.2, 0.25) is 12.4 Å². The first kappa shape index (κ1) is 22.2. The van der Waals surface area contributed by atoms with Crippen LogP contribution in [0.3, 0.4) is 0 Å². The average molecular weight is 448 g/mol. The second-order valence-electron chi connectivity index (χ2n) is 7.95. The van der Waals surface area contributed by atoms with E-state index in [1.54, 1.807) is 10.8 Å². The maximum atomic E-state index is 14.7. The van der Waals surface area contributed by atoms with Crippen LogP contribution in [0.15, 0.2) is 60.9 Å². The Morgan fingerprint density at radius 3 is 2.55 bits per heavy atom. The standard InChI is InChI=1S/C24H26FN7O/c1-30(2)12-13-31(3)18-10-8-17(9-11-18)28-24-26-14-20(25)23(29-24)32-15-21(27-16-33)19-6-4-5-7-22(19)32/h4-11,14-16H,12-13H2,1-3H3,(H,27,33)(H,26,28,29). The Balaban J connectivity index is 1.59. The molecule has 2 aromatic heterocycles. The predicted molar refractivity (Wildman–Crippen MR) is 130 cm³/mol. The first-order valence-electron chi connectivity index (χ1n) is 10.5. The number of fused-ring (bicyclic) bond motifs is 1. The minimum absolute atomic E-state index is 0.0858. The highest BCUT2D eigenvalue weighted by atomic mass is 19.1. The number of benzene rings is 2. The number of likely N-dealkylation sites (N-methyl/N-ethyl adjacent to an activating group) is 2. The smallest absolute Gasteiger partial charge is 0.229 e. The summed E-state index contributed by atoms with van der Waals surface area (Å²) in [5.74, 6) is -0.220. The van der Waals surface area contributed by atoms with Crippen molar-refractivity contribution in [3.8, 4) is 5.82 Å². The number of carbonyl (C=O) groups excluding carboxylic acids is 1. The van der Waals surface area contributed by atoms with Gasteiger partial charge in [0.1, 0.15) is 0 Å². The molecule has 2 N–H and O–H groups in total. The minimum atomic E-state index is -0.572. The molecule has 0 aliphatic heterocycles. The number of nitrogens with one attached hydrogen (secondary N) is 2. The lowest BCUT2D eigenvalue weighted by Gasteiger charge is -2.21. The van der Waals surface area contributed by atoms with Crippen molar-refractivity contribution in [3.63, 3.8) is 0 Å². The van der Waals surface area contributed by atoms with Crippen molar-refractivity contribution in [2.75, 3.05) is 49.8 Å². The Labute approximate surface area is 191 Å². The summed E-state index contributed by atoms with van der Waals surface area (Å²) in [6.45, 7) is 1.87. The summed E-state index contributed by atoms with van der Waals surface area (Å²) in [6.07, 6.45) is 3.37. The number of hydrogen-bond acceptors (Lipinski definition) is 6. The summed E-state index contributed by atoms with van der Waals surface area (Å²) in [6, 6.07) is 15.3. The van der Waals surface area contributed by atoms with Gasteiger partial charge in [-0.05, 0) is 44.4 Å². The molecule has 0 aliphatic carbocycles. The predicted octanol–water partition coefficient (Wildman–Crippen LogP) is 3.87. The summed E-state index contributed by atoms with van der Waals surface area (Å²) in [5, 5.41) is 6.57. The second-order valence-corrected chi connectivity index (χ2v) is 7.95. The molecule has 0 unspecified atom stereocenters. The molecule has 0 spiro atoms. The third-order valence-corrected chi connectivity index (χ3v) is 5.33. The van der Waals surface area contributed by atoms with Gasteiger partial charge in [-0.1, -0.05) is 18.2 Å². The third kappa shape index (κ3) is 4.93. The van der Waals surface area contributed by atoms with Crippen LogP contribution in [0.2, 0.25) is 0 Å². The molecule has 4 aromatic rings. The second kappa shape index (κ2) is 9.66. The molecule has 33 heavy (non-hydrogen) atoms. The van der Waals surface area contributed by atoms with Gasteiger partial charge in [0.15, 0.2) is 11.6 Å². The molecule has 8 nitrogen and oxygen atoms in total. The van der Waals surface area contributed by atoms with Crippen molar-refractivity contribution in [2.24, 2.45) is 0 Å². The van der Waals surface area contributed by atoms with E-state index >= 15 is 0 Å². The van der Waals surface area contributed by atoms with Gasteiger partial charge in [0, 0.05) is 43.1 Å². The van der Waals surface area contributed by atoms with Crippen molar-refractivity contribution in [3.05, 3.63) is 66.7 Å². The normalized spacial score (nSPS) is 11.1. The first-order valence-corrected chi connectivity index (χ1v) is 10.5. The van der Waals surface area contributed by atoms with Crippen LogP contribution in [0.25, 0.3) is 16.7 Å². The quantitative estimate of drug-likeness (QED) is 0.379. The zero-order valence-corrected chi connectivity index (χ0v) is 18.8. The van der Waals surface area contributed by atoms with Gasteiger partial charge in [-0.3, -0.25) is 9.36 Å². The number of hydrogen-bond donors (Lipinski definition) is 2. The minimum Gasteiger partial charge on any atom is -0.373 e. The van der Waals surface area contributed by atoms with Crippen molar-refractivity contribution in [1.29, 1.82) is 0 Å². The van der Waals surface area contributed by atoms with Crippen molar-refractivity contribution >= 4 is 40.3 Å². The number of amides is 1. The molecule has 170 valence electrons. The highest BCUT2D eigenvalue weighted by Crippen LogP contribution is 2.29. The zero-order chi connectivity index (χ0) is 23.4. The molecule has 0 radical (unpaired) electrons. The van der Waals surface area contributed by atoms with E-state index in [9.17, 15) is 9.18 Å². The summed E-state index contributed by atoms with van der Waals surface area (Å²) < 4.78 is 16.3. The lowest BCUT2D eigenvalue weighted by Crippen LogP contribution is -2.28. The van der Waals surface area contributed by atoms with Gasteiger partial charge in [0.25, 0.3) is 0 Å². The fourth-order valence-electron chi connectivity index (χ4n) is 3.53. The molecule has 2 heterocycles. The number of carbonyl (C=O) groups is 1. The van der Waals surface area contributed by atoms with Crippen LogP contribution in [0, 0.1) is 5.82 Å². The van der Waals surface area contributed by atoms with Gasteiger partial charge < -0.3 is 20.4 Å². The molecule has 0 bridgehead atoms. The molecule has 1 amide bonds. The van der Waals surface area contributed by atoms with E-state index in [-0.39, 0.29) is 11.8 Å². The van der Waals surface area contributed by atoms with Crippen LogP contribution in [-0.2, 0) is 4.79 Å². The molecule has 0 fully saturated rings. The fraction of sp³-hybridized carbons (Fsp3) is 0.208. The van der Waals surface area contributed by atoms with Crippen molar-refractivity contribution < 1.29 is 9.18 Å². The Bertz CT molecular complexity index is 1250. The van der Waals surface area contributed by atoms with Gasteiger partial charge in [-0.15, -0.1) is 0 Å². The summed E-state index contributed by atoms with van der Waals surface area (Å²) >= 11 is 0. The number of para-hydroxylation sites is 1. The van der Waals surface area contributed by atoms with E-state index in [1.807, 2.05) is 62.6 Å². The first-order chi connectivity index (χ1) is 16.0. The van der Waals surface area contributed by atoms with E-state index in [4.69, 9.17) is 0 Å². The fourth-order valence-corrected chi connectivity index (χ4v) is 3.53. The third-order valence-electron chi connectivity index (χ3n) is 5.33. The molecular weight excluding hydrogens is 421 g/mol. The number of anilines is 4. The van der Waals surface area contributed by atoms with Gasteiger partial charge in [-0.2, -0.15) is 4.98 Å². The van der Waals surface area contributed by atoms with E-state index < -0.39 is 5.82 Å². The highest BCUT2D eigenvalue weighted by molar-refractivity contribution is 5.97. The molecule has 9 heteroatoms. The Hall–Kier alpha value is -3.98. The van der Waals surface area contributed by atoms with Crippen molar-refractivity contribution in [1.82, 2.24) is 19.4 Å². The SMILES string of the molecule is CN(C)CCN(C)c1ccc(Nc2ncc(F)c(-n3cc(NC=O)c4ccccc43)n2)cc1. The van der Waals surface area contributed by atoms with Gasteiger partial charge in [-0.25, -0.2) is 9.37 Å². The van der Waals surface area contributed by atoms with E-state index in [0.29, 0.717) is 12.1 Å². The van der Waals surface area contributed by atoms with Crippen molar-refractivity contribution in [2.45, 2.75) is 0 Å². The Kier molecular flexibility index (Phi) is 6.50. The Morgan fingerprint density at radius 1 is 1.06 bits per heavy atom. The van der Waals surface area contributed by atoms with Gasteiger partial charge in [0.05, 0.1) is 17.4 Å². The molecule has 0 saturated carbocycles. The lowest BCUT2D eigenvalue weighted by atomic mass is 10.2. The van der Waals surface area contributed by atoms with Gasteiger partial charge >= 0.3 is 0 Å². The molecule has 0 saturated heterocycles. The van der Waals surface area contributed by atoms with Crippen LogP contribution in [-0.4, -0.2) is 60.1 Å². The summed E-state index contributed by atoms with van der Waals surface area (Å²) in [7, 11) is 6.15.